The molecule has 2 unspecified atom stereocenters. The number of hydrogen-bond acceptors (Lipinski definition) is 6. The van der Waals surface area contributed by atoms with E-state index in [4.69, 9.17) is 4.74 Å². The minimum Gasteiger partial charge on any atom is -0.388 e. The first kappa shape index (κ1) is 18.3. The maximum atomic E-state index is 12.3. The predicted molar refractivity (Wildman–Crippen MR) is 98.8 cm³/mol. The van der Waals surface area contributed by atoms with Crippen LogP contribution in [0.2, 0.25) is 0 Å². The number of aliphatic hydroxyl groups is 2. The lowest BCUT2D eigenvalue weighted by molar-refractivity contribution is -0.0353. The van der Waals surface area contributed by atoms with Gasteiger partial charge < -0.3 is 14.9 Å². The molecule has 3 rings (SSSR count). The van der Waals surface area contributed by atoms with E-state index in [2.05, 4.69) is 29.6 Å². The fourth-order valence-corrected chi connectivity index (χ4v) is 3.96. The lowest BCUT2D eigenvalue weighted by Crippen LogP contribution is -2.32. The topological polar surface area (TPSA) is 102 Å². The second-order valence-corrected chi connectivity index (χ2v) is 11.7. The zero-order valence-corrected chi connectivity index (χ0v) is 15.8. The van der Waals surface area contributed by atoms with Crippen molar-refractivity contribution in [2.24, 2.45) is 7.05 Å². The highest BCUT2D eigenvalue weighted by Gasteiger charge is 2.44. The number of aromatic nitrogens is 4. The van der Waals surface area contributed by atoms with Gasteiger partial charge in [0.25, 0.3) is 5.56 Å². The van der Waals surface area contributed by atoms with E-state index >= 15 is 0 Å². The van der Waals surface area contributed by atoms with Crippen molar-refractivity contribution in [3.63, 3.8) is 0 Å². The molecule has 1 aliphatic rings. The number of nitrogens with zero attached hydrogens (tertiary/aromatic N) is 4. The molecular formula is C16H25N4O4P. The normalized spacial score (nSPS) is 27.3. The SMILES string of the molecule is C=P(C)(C)CCC1OC(n2cnc3c(=O)n(C)c(C)nc32)[C@H](O)[C@@H]1O. The van der Waals surface area contributed by atoms with Crippen LogP contribution in [-0.4, -0.2) is 73.4 Å². The van der Waals surface area contributed by atoms with Crippen molar-refractivity contribution >= 4 is 24.3 Å². The summed E-state index contributed by atoms with van der Waals surface area (Å²) in [7, 11) is 1.63. The van der Waals surface area contributed by atoms with E-state index in [0.717, 1.165) is 6.16 Å². The number of imidazole rings is 1. The molecule has 138 valence electrons. The Kier molecular flexibility index (Phi) is 4.66. The lowest BCUT2D eigenvalue weighted by Gasteiger charge is -2.18. The van der Waals surface area contributed by atoms with Crippen molar-refractivity contribution in [1.82, 2.24) is 19.1 Å². The van der Waals surface area contributed by atoms with Crippen molar-refractivity contribution < 1.29 is 14.9 Å². The van der Waals surface area contributed by atoms with Crippen molar-refractivity contribution in [3.8, 4) is 0 Å². The van der Waals surface area contributed by atoms with Gasteiger partial charge in [-0.25, -0.2) is 9.97 Å². The zero-order chi connectivity index (χ0) is 18.5. The van der Waals surface area contributed by atoms with E-state index < -0.39 is 31.4 Å². The molecule has 2 aromatic heterocycles. The van der Waals surface area contributed by atoms with Gasteiger partial charge >= 0.3 is 0 Å². The summed E-state index contributed by atoms with van der Waals surface area (Å²) in [4.78, 5) is 20.8. The van der Waals surface area contributed by atoms with Gasteiger partial charge in [0.05, 0.1) is 12.4 Å². The van der Waals surface area contributed by atoms with E-state index in [1.807, 2.05) is 0 Å². The Morgan fingerprint density at radius 2 is 2.04 bits per heavy atom. The van der Waals surface area contributed by atoms with Crippen LogP contribution in [0, 0.1) is 6.92 Å². The summed E-state index contributed by atoms with van der Waals surface area (Å²) in [5.41, 5.74) is 0.309. The number of aliphatic hydroxyl groups excluding tert-OH is 2. The van der Waals surface area contributed by atoms with E-state index in [-0.39, 0.29) is 11.1 Å². The van der Waals surface area contributed by atoms with Crippen LogP contribution in [0.25, 0.3) is 11.2 Å². The monoisotopic (exact) mass is 368 g/mol. The number of rotatable bonds is 4. The largest absolute Gasteiger partial charge is 0.388 e. The van der Waals surface area contributed by atoms with Gasteiger partial charge in [0.1, 0.15) is 18.0 Å². The van der Waals surface area contributed by atoms with Crippen LogP contribution >= 0.6 is 6.89 Å². The van der Waals surface area contributed by atoms with Gasteiger partial charge in [-0.2, -0.15) is 0 Å². The quantitative estimate of drug-likeness (QED) is 0.746. The molecule has 0 amide bonds. The molecule has 1 saturated heterocycles. The Morgan fingerprint density at radius 3 is 2.68 bits per heavy atom. The summed E-state index contributed by atoms with van der Waals surface area (Å²) < 4.78 is 8.86. The van der Waals surface area contributed by atoms with Crippen LogP contribution < -0.4 is 5.56 Å². The fourth-order valence-electron chi connectivity index (χ4n) is 3.01. The van der Waals surface area contributed by atoms with Crippen LogP contribution in [0.5, 0.6) is 0 Å². The first-order valence-corrected chi connectivity index (χ1v) is 11.2. The molecule has 0 spiro atoms. The number of ether oxygens (including phenoxy) is 1. The summed E-state index contributed by atoms with van der Waals surface area (Å²) in [6.07, 6.45) is 3.66. The van der Waals surface area contributed by atoms with E-state index in [9.17, 15) is 15.0 Å². The zero-order valence-electron chi connectivity index (χ0n) is 15.0. The number of aryl methyl sites for hydroxylation is 1. The molecule has 25 heavy (non-hydrogen) atoms. The summed E-state index contributed by atoms with van der Waals surface area (Å²) in [5.74, 6) is 0.535. The van der Waals surface area contributed by atoms with Crippen molar-refractivity contribution in [2.45, 2.75) is 37.9 Å². The lowest BCUT2D eigenvalue weighted by atomic mass is 10.1. The van der Waals surface area contributed by atoms with Gasteiger partial charge in [0, 0.05) is 7.05 Å². The molecule has 4 atom stereocenters. The number of hydrogen-bond donors (Lipinski definition) is 2. The van der Waals surface area contributed by atoms with Gasteiger partial charge in [0.2, 0.25) is 0 Å². The van der Waals surface area contributed by atoms with Crippen LogP contribution in [0.4, 0.5) is 0 Å². The fraction of sp³-hybridized carbons (Fsp3) is 0.625. The maximum absolute atomic E-state index is 12.3. The average Bonchev–Trinajstić information content (AvgIpc) is 3.05. The van der Waals surface area contributed by atoms with Crippen molar-refractivity contribution in [3.05, 3.63) is 22.5 Å². The third-order valence-corrected chi connectivity index (χ3v) is 6.13. The standard InChI is InChI=1S/C16H25N4O4P/c1-9-18-14-11(15(23)19(9)2)17-8-20(14)16-13(22)12(21)10(24-16)6-7-25(3,4)5/h8,10,12-13,16,21-22H,3,6-7H2,1-2,4-5H3/t10?,12-,13-,16?/m1/s1. The molecule has 1 aliphatic heterocycles. The van der Waals surface area contributed by atoms with Gasteiger partial charge in [-0.3, -0.25) is 13.9 Å². The summed E-state index contributed by atoms with van der Waals surface area (Å²) in [6, 6.07) is 0. The van der Waals surface area contributed by atoms with Gasteiger partial charge in [0.15, 0.2) is 17.4 Å². The molecule has 0 radical (unpaired) electrons. The average molecular weight is 368 g/mol. The van der Waals surface area contributed by atoms with Gasteiger partial charge in [-0.05, 0) is 32.8 Å². The van der Waals surface area contributed by atoms with Crippen LogP contribution in [0.3, 0.4) is 0 Å². The van der Waals surface area contributed by atoms with E-state index in [1.54, 1.807) is 14.0 Å². The highest BCUT2D eigenvalue weighted by Crippen LogP contribution is 2.39. The molecule has 0 aromatic carbocycles. The molecule has 0 bridgehead atoms. The van der Waals surface area contributed by atoms with Crippen LogP contribution in [0.1, 0.15) is 18.5 Å². The first-order chi connectivity index (χ1) is 11.6. The molecule has 8 nitrogen and oxygen atoms in total. The Labute approximate surface area is 146 Å². The second-order valence-electron chi connectivity index (χ2n) is 7.34. The van der Waals surface area contributed by atoms with Crippen molar-refractivity contribution in [2.75, 3.05) is 19.5 Å². The molecule has 2 aromatic rings. The molecule has 0 saturated carbocycles. The molecular weight excluding hydrogens is 343 g/mol. The summed E-state index contributed by atoms with van der Waals surface area (Å²) >= 11 is 0. The summed E-state index contributed by atoms with van der Waals surface area (Å²) in [5, 5.41) is 20.8. The molecule has 3 heterocycles. The smallest absolute Gasteiger partial charge is 0.281 e. The van der Waals surface area contributed by atoms with E-state index in [0.29, 0.717) is 17.9 Å². The maximum Gasteiger partial charge on any atom is 0.281 e. The Bertz CT molecular complexity index is 899. The third kappa shape index (κ3) is 3.31. The first-order valence-electron chi connectivity index (χ1n) is 8.19. The highest BCUT2D eigenvalue weighted by molar-refractivity contribution is 7.72. The molecule has 0 aliphatic carbocycles. The van der Waals surface area contributed by atoms with Crippen molar-refractivity contribution in [1.29, 1.82) is 0 Å². The summed E-state index contributed by atoms with van der Waals surface area (Å²) in [6.45, 7) is 4.71. The Hall–Kier alpha value is -1.47. The minimum absolute atomic E-state index is 0.214. The Morgan fingerprint density at radius 1 is 1.36 bits per heavy atom. The van der Waals surface area contributed by atoms with Crippen LogP contribution in [0.15, 0.2) is 11.1 Å². The minimum atomic E-state index is -1.25. The molecule has 2 N–H and O–H groups in total. The molecule has 1 fully saturated rings. The molecule has 9 heteroatoms. The van der Waals surface area contributed by atoms with E-state index in [1.165, 1.54) is 15.5 Å². The van der Waals surface area contributed by atoms with Crippen LogP contribution in [-0.2, 0) is 11.8 Å². The Balaban J connectivity index is 1.93. The van der Waals surface area contributed by atoms with Gasteiger partial charge in [-0.15, -0.1) is 13.2 Å². The third-order valence-electron chi connectivity index (χ3n) is 4.66. The highest BCUT2D eigenvalue weighted by atomic mass is 31.2. The number of fused-ring (bicyclic) bond motifs is 1. The predicted octanol–water partition coefficient (Wildman–Crippen LogP) is 0.157. The van der Waals surface area contributed by atoms with Gasteiger partial charge in [-0.1, -0.05) is 0 Å². The second kappa shape index (κ2) is 6.36.